The third kappa shape index (κ3) is 7.28. The van der Waals surface area contributed by atoms with Crippen LogP contribution in [-0.2, 0) is 41.5 Å². The van der Waals surface area contributed by atoms with E-state index in [1.807, 2.05) is 0 Å². The van der Waals surface area contributed by atoms with E-state index in [0.29, 0.717) is 0 Å². The molecule has 3 heteroatoms. The summed E-state index contributed by atoms with van der Waals surface area (Å²) in [6, 6.07) is 24.9. The van der Waals surface area contributed by atoms with Crippen LogP contribution < -0.4 is 24.8 Å². The molecule has 0 atom stereocenters. The van der Waals surface area contributed by atoms with Crippen LogP contribution in [0.1, 0.15) is 104 Å². The van der Waals surface area contributed by atoms with Crippen LogP contribution in [0.15, 0.2) is 72.8 Å². The van der Waals surface area contributed by atoms with E-state index in [1.54, 1.807) is 0 Å². The van der Waals surface area contributed by atoms with Crippen LogP contribution in [0, 0.1) is 26.8 Å². The number of hydrogen-bond acceptors (Lipinski definition) is 0. The number of halogens is 2. The quantitative estimate of drug-likeness (QED) is 0.226. The van der Waals surface area contributed by atoms with E-state index in [-0.39, 0.29) is 35.6 Å². The van der Waals surface area contributed by atoms with Gasteiger partial charge in [-0.05, 0) is 58.4 Å². The average Bonchev–Trinajstić information content (AvgIpc) is 3.59. The normalized spacial score (nSPS) is 15.4. The summed E-state index contributed by atoms with van der Waals surface area (Å²) in [4.78, 5) is 0. The minimum Gasteiger partial charge on any atom is -1.00 e. The van der Waals surface area contributed by atoms with Crippen molar-refractivity contribution in [3.8, 4) is 11.1 Å². The molecule has 0 spiro atoms. The largest absolute Gasteiger partial charge is 1.00 e. The zero-order valence-electron chi connectivity index (χ0n) is 27.9. The Morgan fingerprint density at radius 1 is 0.727 bits per heavy atom. The second-order valence-corrected chi connectivity index (χ2v) is 15.5. The Labute approximate surface area is 293 Å². The summed E-state index contributed by atoms with van der Waals surface area (Å²) < 4.78 is 1.46. The Balaban J connectivity index is 0.000000231. The number of aryl methyl sites for hydroxylation is 3. The molecule has 0 saturated carbocycles. The Hall–Kier alpha value is -2.18. The summed E-state index contributed by atoms with van der Waals surface area (Å²) >= 11 is 1.51. The van der Waals surface area contributed by atoms with E-state index in [1.165, 1.54) is 105 Å². The number of allylic oxidation sites excluding steroid dienone is 4. The zero-order valence-corrected chi connectivity index (χ0v) is 31.9. The van der Waals surface area contributed by atoms with Crippen LogP contribution in [0.5, 0.6) is 0 Å². The van der Waals surface area contributed by atoms with Gasteiger partial charge >= 0.3 is 76.7 Å². The van der Waals surface area contributed by atoms with E-state index in [4.69, 9.17) is 0 Å². The number of benzene rings is 3. The number of fused-ring (bicyclic) bond motifs is 5. The molecule has 0 aliphatic heterocycles. The van der Waals surface area contributed by atoms with Crippen molar-refractivity contribution in [2.45, 2.75) is 86.5 Å². The summed E-state index contributed by atoms with van der Waals surface area (Å²) in [6.45, 7) is 22.2. The third-order valence-electron chi connectivity index (χ3n) is 8.98. The van der Waals surface area contributed by atoms with Gasteiger partial charge in [-0.25, -0.2) is 17.2 Å². The summed E-state index contributed by atoms with van der Waals surface area (Å²) in [7, 11) is 0. The summed E-state index contributed by atoms with van der Waals surface area (Å²) in [5, 5.41) is 0. The first-order valence-electron chi connectivity index (χ1n) is 15.2. The number of hydrogen-bond donors (Lipinski definition) is 0. The van der Waals surface area contributed by atoms with Gasteiger partial charge < -0.3 is 24.8 Å². The maximum atomic E-state index is 3.65. The monoisotopic (exact) mass is 696 g/mol. The van der Waals surface area contributed by atoms with Crippen molar-refractivity contribution < 1.29 is 49.0 Å². The minimum atomic E-state index is 0. The van der Waals surface area contributed by atoms with E-state index in [2.05, 4.69) is 148 Å². The van der Waals surface area contributed by atoms with E-state index < -0.39 is 0 Å². The van der Waals surface area contributed by atoms with Gasteiger partial charge in [0.2, 0.25) is 0 Å². The first-order valence-corrected chi connectivity index (χ1v) is 16.4. The smallest absolute Gasteiger partial charge is 0.0635 e. The van der Waals surface area contributed by atoms with Crippen LogP contribution in [0.2, 0.25) is 0 Å². The van der Waals surface area contributed by atoms with E-state index >= 15 is 0 Å². The molecule has 0 fully saturated rings. The van der Waals surface area contributed by atoms with Crippen molar-refractivity contribution in [1.82, 2.24) is 0 Å². The second-order valence-electron chi connectivity index (χ2n) is 13.7. The predicted octanol–water partition coefficient (Wildman–Crippen LogP) is 4.56. The van der Waals surface area contributed by atoms with Crippen molar-refractivity contribution in [1.29, 1.82) is 0 Å². The van der Waals surface area contributed by atoms with Gasteiger partial charge in [0, 0.05) is 5.41 Å². The molecule has 0 aromatic heterocycles. The Kier molecular flexibility index (Phi) is 11.3. The molecule has 0 radical (unpaired) electrons. The predicted molar refractivity (Wildman–Crippen MR) is 179 cm³/mol. The molecule has 0 heterocycles. The molecule has 0 unspecified atom stereocenters. The molecule has 7 rings (SSSR count). The molecular formula is C41H44Cl2Zr-2. The van der Waals surface area contributed by atoms with Crippen LogP contribution >= 0.6 is 0 Å². The van der Waals surface area contributed by atoms with Gasteiger partial charge in [-0.15, -0.1) is 11.6 Å². The van der Waals surface area contributed by atoms with Crippen LogP contribution in [0.25, 0.3) is 22.3 Å². The van der Waals surface area contributed by atoms with Gasteiger partial charge in [-0.2, -0.15) is 23.3 Å². The maximum Gasteiger partial charge on any atom is -0.0635 e. The molecule has 0 nitrogen and oxygen atoms in total. The maximum absolute atomic E-state index is 3.65. The van der Waals surface area contributed by atoms with Crippen LogP contribution in [0.4, 0.5) is 0 Å². The Bertz CT molecular complexity index is 1660. The average molecular weight is 699 g/mol. The van der Waals surface area contributed by atoms with Gasteiger partial charge in [-0.3, -0.25) is 6.08 Å². The molecule has 3 aliphatic rings. The van der Waals surface area contributed by atoms with Gasteiger partial charge in [-0.1, -0.05) is 72.1 Å². The second kappa shape index (κ2) is 13.7. The fourth-order valence-corrected chi connectivity index (χ4v) is 7.21. The number of rotatable bonds is 1. The molecule has 4 aromatic carbocycles. The summed E-state index contributed by atoms with van der Waals surface area (Å²) in [5.74, 6) is 0. The molecule has 4 aromatic rings. The van der Waals surface area contributed by atoms with Gasteiger partial charge in [0.25, 0.3) is 0 Å². The first kappa shape index (κ1) is 36.3. The molecule has 0 bridgehead atoms. The van der Waals surface area contributed by atoms with Crippen LogP contribution in [-0.4, -0.2) is 3.21 Å². The zero-order chi connectivity index (χ0) is 30.6. The van der Waals surface area contributed by atoms with Crippen molar-refractivity contribution in [3.05, 3.63) is 135 Å². The van der Waals surface area contributed by atoms with Crippen molar-refractivity contribution in [2.75, 3.05) is 0 Å². The SMILES string of the molecule is CC1=[C-]C(C)(C)c2cc3c(cc21)-c1cc2c(cc1C3)C(C)(C)C=C2C.C[C](=[Zr+2])c1ccc(C)cc1.Cc1c[cH-]c(C)c1.[Cl-].[Cl-]. The van der Waals surface area contributed by atoms with E-state index in [0.717, 1.165) is 6.42 Å². The fraction of sp³-hybridized carbons (Fsp3) is 0.317. The van der Waals surface area contributed by atoms with E-state index in [9.17, 15) is 0 Å². The van der Waals surface area contributed by atoms with Gasteiger partial charge in [0.15, 0.2) is 0 Å². The van der Waals surface area contributed by atoms with Crippen molar-refractivity contribution in [2.24, 2.45) is 0 Å². The van der Waals surface area contributed by atoms with Crippen molar-refractivity contribution >= 4 is 14.4 Å². The molecule has 0 saturated heterocycles. The topological polar surface area (TPSA) is 0 Å². The molecule has 0 N–H and O–H groups in total. The minimum absolute atomic E-state index is 0. The third-order valence-corrected chi connectivity index (χ3v) is 9.69. The van der Waals surface area contributed by atoms with Crippen molar-refractivity contribution in [3.63, 3.8) is 0 Å². The van der Waals surface area contributed by atoms with Crippen LogP contribution in [0.3, 0.4) is 0 Å². The van der Waals surface area contributed by atoms with Gasteiger partial charge in [0.05, 0.1) is 0 Å². The molecule has 228 valence electrons. The Morgan fingerprint density at radius 2 is 1.30 bits per heavy atom. The Morgan fingerprint density at radius 3 is 1.80 bits per heavy atom. The molecular weight excluding hydrogens is 655 g/mol. The standard InChI is InChI=1S/C25H25.C9H10.C7H9.2ClH.Zr/c1-14-12-24(3,4)22-8-16-7-17-9-23-19(15(2)13-25(23,5)6)11-21(17)20(16)10-18(14)22;1-3-9-6-4-8(2)5-7-9;1-6-3-4-7(2)5-6;;;/h8-12H,7H2,1-6H3;4-7H,1-2H3;3-5H,1-2H3;2*1H;/q-1;;-1;;;+2/p-2. The summed E-state index contributed by atoms with van der Waals surface area (Å²) in [5.41, 5.74) is 20.0. The first-order chi connectivity index (χ1) is 19.7. The molecule has 3 aliphatic carbocycles. The summed E-state index contributed by atoms with van der Waals surface area (Å²) in [6.07, 6.45) is 7.13. The molecule has 0 amide bonds. The molecule has 44 heavy (non-hydrogen) atoms. The fourth-order valence-electron chi connectivity index (χ4n) is 6.80. The van der Waals surface area contributed by atoms with Gasteiger partial charge in [0.1, 0.15) is 0 Å².